The van der Waals surface area contributed by atoms with Crippen LogP contribution in [0.15, 0.2) is 77.9 Å². The third-order valence-electron chi connectivity index (χ3n) is 4.06. The Balaban J connectivity index is 1.51. The van der Waals surface area contributed by atoms with Gasteiger partial charge in [0.25, 0.3) is 0 Å². The summed E-state index contributed by atoms with van der Waals surface area (Å²) in [5.41, 5.74) is 3.50. The summed E-state index contributed by atoms with van der Waals surface area (Å²) in [4.78, 5) is 36.0. The maximum Gasteiger partial charge on any atom is 0.343 e. The van der Waals surface area contributed by atoms with Crippen LogP contribution in [0.2, 0.25) is 5.02 Å². The highest BCUT2D eigenvalue weighted by Gasteiger charge is 2.13. The molecule has 3 aromatic carbocycles. The van der Waals surface area contributed by atoms with E-state index in [-0.39, 0.29) is 0 Å². The van der Waals surface area contributed by atoms with Crippen molar-refractivity contribution in [3.8, 4) is 11.5 Å². The molecule has 0 spiro atoms. The Morgan fingerprint density at radius 2 is 1.66 bits per heavy atom. The molecule has 3 aromatic rings. The molecule has 32 heavy (non-hydrogen) atoms. The summed E-state index contributed by atoms with van der Waals surface area (Å²) in [6.45, 7) is 0. The van der Waals surface area contributed by atoms with Gasteiger partial charge in [-0.2, -0.15) is 5.10 Å². The minimum Gasteiger partial charge on any atom is -0.497 e. The van der Waals surface area contributed by atoms with Gasteiger partial charge >= 0.3 is 17.8 Å². The zero-order valence-corrected chi connectivity index (χ0v) is 17.6. The highest BCUT2D eigenvalue weighted by atomic mass is 35.5. The third kappa shape index (κ3) is 6.41. The zero-order chi connectivity index (χ0) is 22.9. The van der Waals surface area contributed by atoms with Gasteiger partial charge in [-0.3, -0.25) is 9.59 Å². The van der Waals surface area contributed by atoms with E-state index in [4.69, 9.17) is 21.1 Å². The normalized spacial score (nSPS) is 10.4. The van der Waals surface area contributed by atoms with Gasteiger partial charge < -0.3 is 14.8 Å². The topological polar surface area (TPSA) is 106 Å². The van der Waals surface area contributed by atoms with Crippen LogP contribution >= 0.6 is 11.6 Å². The quantitative estimate of drug-likeness (QED) is 0.195. The molecular formula is C23H18ClN3O5. The molecule has 2 amide bonds. The second-order valence-corrected chi connectivity index (χ2v) is 6.79. The number of nitrogens with one attached hydrogen (secondary N) is 2. The fourth-order valence-corrected chi connectivity index (χ4v) is 2.70. The first-order valence-electron chi connectivity index (χ1n) is 9.31. The third-order valence-corrected chi connectivity index (χ3v) is 4.30. The number of methoxy groups -OCH3 is 1. The summed E-state index contributed by atoms with van der Waals surface area (Å²) >= 11 is 5.87. The van der Waals surface area contributed by atoms with Gasteiger partial charge in [-0.15, -0.1) is 0 Å². The lowest BCUT2D eigenvalue weighted by atomic mass is 10.2. The van der Waals surface area contributed by atoms with Crippen molar-refractivity contribution in [2.75, 3.05) is 12.4 Å². The van der Waals surface area contributed by atoms with Gasteiger partial charge in [0.2, 0.25) is 0 Å². The minimum atomic E-state index is -0.934. The van der Waals surface area contributed by atoms with E-state index in [1.165, 1.54) is 19.4 Å². The Morgan fingerprint density at radius 3 is 2.38 bits per heavy atom. The van der Waals surface area contributed by atoms with Gasteiger partial charge in [0.15, 0.2) is 0 Å². The summed E-state index contributed by atoms with van der Waals surface area (Å²) in [6.07, 6.45) is 1.35. The van der Waals surface area contributed by atoms with Crippen LogP contribution in [0.1, 0.15) is 15.9 Å². The van der Waals surface area contributed by atoms with Gasteiger partial charge in [0.05, 0.1) is 18.9 Å². The molecular weight excluding hydrogens is 434 g/mol. The molecule has 0 saturated carbocycles. The summed E-state index contributed by atoms with van der Waals surface area (Å²) < 4.78 is 10.3. The zero-order valence-electron chi connectivity index (χ0n) is 16.9. The largest absolute Gasteiger partial charge is 0.497 e. The summed E-state index contributed by atoms with van der Waals surface area (Å²) in [7, 11) is 1.50. The molecule has 0 fully saturated rings. The van der Waals surface area contributed by atoms with E-state index in [0.717, 1.165) is 0 Å². The predicted octanol–water partition coefficient (Wildman–Crippen LogP) is 3.66. The highest BCUT2D eigenvalue weighted by molar-refractivity contribution is 6.39. The molecule has 0 unspecified atom stereocenters. The fraction of sp³-hybridized carbons (Fsp3) is 0.0435. The van der Waals surface area contributed by atoms with Gasteiger partial charge in [-0.05, 0) is 60.2 Å². The van der Waals surface area contributed by atoms with Crippen molar-refractivity contribution in [1.29, 1.82) is 0 Å². The lowest BCUT2D eigenvalue weighted by Crippen LogP contribution is -2.32. The highest BCUT2D eigenvalue weighted by Crippen LogP contribution is 2.17. The number of carbonyl (C=O) groups excluding carboxylic acids is 3. The Bertz CT molecular complexity index is 1160. The first-order valence-corrected chi connectivity index (χ1v) is 9.68. The van der Waals surface area contributed by atoms with Crippen LogP contribution in [-0.2, 0) is 9.59 Å². The van der Waals surface area contributed by atoms with Crippen LogP contribution in [0.3, 0.4) is 0 Å². The van der Waals surface area contributed by atoms with E-state index in [9.17, 15) is 14.4 Å². The van der Waals surface area contributed by atoms with E-state index in [1.54, 1.807) is 66.7 Å². The molecule has 0 aliphatic rings. The number of amides is 2. The van der Waals surface area contributed by atoms with Crippen LogP contribution in [0.5, 0.6) is 11.5 Å². The number of halogens is 1. The molecule has 9 heteroatoms. The Morgan fingerprint density at radius 1 is 0.906 bits per heavy atom. The van der Waals surface area contributed by atoms with Gasteiger partial charge in [-0.1, -0.05) is 23.7 Å². The van der Waals surface area contributed by atoms with Crippen molar-refractivity contribution in [3.05, 3.63) is 88.9 Å². The fourth-order valence-electron chi connectivity index (χ4n) is 2.51. The average molecular weight is 452 g/mol. The smallest absolute Gasteiger partial charge is 0.343 e. The van der Waals surface area contributed by atoms with E-state index in [1.807, 2.05) is 0 Å². The van der Waals surface area contributed by atoms with Crippen molar-refractivity contribution in [1.82, 2.24) is 5.43 Å². The van der Waals surface area contributed by atoms with E-state index < -0.39 is 17.8 Å². The predicted molar refractivity (Wildman–Crippen MR) is 120 cm³/mol. The Labute approximate surface area is 188 Å². The number of hydrogen-bond donors (Lipinski definition) is 2. The number of nitrogens with zero attached hydrogens (tertiary/aromatic N) is 1. The van der Waals surface area contributed by atoms with E-state index in [0.29, 0.717) is 33.3 Å². The lowest BCUT2D eigenvalue weighted by molar-refractivity contribution is -0.136. The van der Waals surface area contributed by atoms with Crippen LogP contribution in [0.25, 0.3) is 0 Å². The number of carbonyl (C=O) groups is 3. The number of ether oxygens (including phenoxy) is 2. The monoisotopic (exact) mass is 451 g/mol. The van der Waals surface area contributed by atoms with Gasteiger partial charge in [0, 0.05) is 16.8 Å². The van der Waals surface area contributed by atoms with Gasteiger partial charge in [-0.25, -0.2) is 10.2 Å². The molecule has 0 aliphatic carbocycles. The second-order valence-electron chi connectivity index (χ2n) is 6.35. The van der Waals surface area contributed by atoms with Crippen molar-refractivity contribution in [2.45, 2.75) is 0 Å². The minimum absolute atomic E-state index is 0.328. The van der Waals surface area contributed by atoms with Crippen LogP contribution in [-0.4, -0.2) is 31.1 Å². The van der Waals surface area contributed by atoms with Crippen molar-refractivity contribution in [2.24, 2.45) is 5.10 Å². The maximum atomic E-state index is 12.1. The van der Waals surface area contributed by atoms with Crippen molar-refractivity contribution < 1.29 is 23.9 Å². The summed E-state index contributed by atoms with van der Waals surface area (Å²) in [6, 6.07) is 19.4. The van der Waals surface area contributed by atoms with Gasteiger partial charge in [0.1, 0.15) is 11.5 Å². The molecule has 0 aliphatic heterocycles. The number of benzene rings is 3. The number of hydrazone groups is 1. The molecule has 0 radical (unpaired) electrons. The summed E-state index contributed by atoms with van der Waals surface area (Å²) in [5.74, 6) is -1.48. The molecule has 8 nitrogen and oxygen atoms in total. The first kappa shape index (κ1) is 22.5. The number of anilines is 1. The van der Waals surface area contributed by atoms with Crippen LogP contribution < -0.4 is 20.2 Å². The molecule has 3 rings (SSSR count). The lowest BCUT2D eigenvalue weighted by Gasteiger charge is -2.06. The average Bonchev–Trinajstić information content (AvgIpc) is 2.80. The SMILES string of the molecule is COc1cccc(NC(=O)C(=O)N/N=C/c2ccc(OC(=O)c3cccc(Cl)c3)cc2)c1. The second kappa shape index (κ2) is 10.7. The molecule has 2 N–H and O–H groups in total. The number of esters is 1. The molecule has 0 bridgehead atoms. The van der Waals surface area contributed by atoms with Crippen molar-refractivity contribution >= 4 is 41.3 Å². The standard InChI is InChI=1S/C23H18ClN3O5/c1-31-20-7-3-6-18(13-20)26-21(28)22(29)27-25-14-15-8-10-19(11-9-15)32-23(30)16-4-2-5-17(24)12-16/h2-14H,1H3,(H,26,28)(H,27,29)/b25-14+. The van der Waals surface area contributed by atoms with Crippen LogP contribution in [0, 0.1) is 0 Å². The number of rotatable bonds is 6. The van der Waals surface area contributed by atoms with E-state index >= 15 is 0 Å². The number of hydrogen-bond acceptors (Lipinski definition) is 6. The molecule has 162 valence electrons. The molecule has 0 heterocycles. The van der Waals surface area contributed by atoms with E-state index in [2.05, 4.69) is 15.8 Å². The molecule has 0 atom stereocenters. The summed E-state index contributed by atoms with van der Waals surface area (Å²) in [5, 5.41) is 6.63. The van der Waals surface area contributed by atoms with Crippen LogP contribution in [0.4, 0.5) is 5.69 Å². The molecule has 0 aromatic heterocycles. The maximum absolute atomic E-state index is 12.1. The Hall–Kier alpha value is -4.17. The Kier molecular flexibility index (Phi) is 7.55. The first-order chi connectivity index (χ1) is 15.4. The molecule has 0 saturated heterocycles. The van der Waals surface area contributed by atoms with Crippen molar-refractivity contribution in [3.63, 3.8) is 0 Å².